The highest BCUT2D eigenvalue weighted by atomic mass is 16.5. The molecule has 1 spiro atoms. The molecular weight excluding hydrogens is 404 g/mol. The fourth-order valence-corrected chi connectivity index (χ4v) is 6.74. The maximum absolute atomic E-state index is 12.3. The summed E-state index contributed by atoms with van der Waals surface area (Å²) in [4.78, 5) is 5.02. The number of aromatic nitrogens is 1. The minimum atomic E-state index is -1.05. The smallest absolute Gasteiger partial charge is 0.166 e. The normalized spacial score (nSPS) is 30.5. The summed E-state index contributed by atoms with van der Waals surface area (Å²) in [5.41, 5.74) is 3.02. The van der Waals surface area contributed by atoms with Gasteiger partial charge in [-0.25, -0.2) is 4.98 Å². The van der Waals surface area contributed by atoms with Gasteiger partial charge in [-0.2, -0.15) is 0 Å². The Kier molecular flexibility index (Phi) is 4.08. The number of phenols is 1. The zero-order chi connectivity index (χ0) is 22.3. The van der Waals surface area contributed by atoms with Gasteiger partial charge in [-0.3, -0.25) is 0 Å². The number of ether oxygens (including phenoxy) is 2. The molecule has 6 heteroatoms. The molecule has 32 heavy (non-hydrogen) atoms. The number of pyridine rings is 1. The van der Waals surface area contributed by atoms with Crippen molar-refractivity contribution < 1.29 is 19.7 Å². The van der Waals surface area contributed by atoms with Crippen molar-refractivity contribution in [3.05, 3.63) is 58.8 Å². The molecule has 0 saturated carbocycles. The topological polar surface area (TPSA) is 83.8 Å². The van der Waals surface area contributed by atoms with Crippen LogP contribution in [0.3, 0.4) is 0 Å². The second-order valence-corrected chi connectivity index (χ2v) is 9.01. The van der Waals surface area contributed by atoms with Crippen LogP contribution in [0.1, 0.15) is 48.8 Å². The third-order valence-corrected chi connectivity index (χ3v) is 7.91. The van der Waals surface area contributed by atoms with Crippen molar-refractivity contribution >= 4 is 10.9 Å². The molecule has 3 aromatic rings. The fraction of sp³-hybridized carbons (Fsp3) is 0.423. The number of methoxy groups -OCH3 is 1. The van der Waals surface area contributed by atoms with E-state index >= 15 is 0 Å². The predicted molar refractivity (Wildman–Crippen MR) is 122 cm³/mol. The molecule has 4 atom stereocenters. The first kappa shape index (κ1) is 19.8. The van der Waals surface area contributed by atoms with E-state index in [-0.39, 0.29) is 11.8 Å². The average molecular weight is 433 g/mol. The number of benzene rings is 2. The van der Waals surface area contributed by atoms with E-state index in [0.717, 1.165) is 52.0 Å². The molecule has 166 valence electrons. The Hall–Kier alpha value is -2.83. The highest BCUT2D eigenvalue weighted by molar-refractivity contribution is 5.87. The van der Waals surface area contributed by atoms with Crippen LogP contribution in [0.4, 0.5) is 0 Å². The van der Waals surface area contributed by atoms with Gasteiger partial charge < -0.3 is 25.0 Å². The summed E-state index contributed by atoms with van der Waals surface area (Å²) in [6.07, 6.45) is 1.41. The standard InChI is InChI=1S/C24H22N2O4.C2H6/c1-29-20-13-4-2-3-5-15(13)26-19-14(20)11-24(28)17-10-12-6-7-16(27)21-18(12)23(24,8-9-25-17)22(19)30-21;1-2/h2-7,17,22,25,27-28H,8-11H2,1H3;1-2H3/t17-,22?,23+,24?;/m1./s1. The molecule has 1 fully saturated rings. The molecule has 4 aliphatic rings. The van der Waals surface area contributed by atoms with Gasteiger partial charge in [0.05, 0.1) is 29.3 Å². The van der Waals surface area contributed by atoms with E-state index < -0.39 is 17.1 Å². The molecule has 3 N–H and O–H groups in total. The number of nitrogens with zero attached hydrogens (tertiary/aromatic N) is 1. The van der Waals surface area contributed by atoms with Gasteiger partial charge in [0.2, 0.25) is 0 Å². The van der Waals surface area contributed by atoms with Crippen molar-refractivity contribution in [2.24, 2.45) is 0 Å². The van der Waals surface area contributed by atoms with Gasteiger partial charge in [-0.05, 0) is 43.1 Å². The lowest BCUT2D eigenvalue weighted by Crippen LogP contribution is -2.74. The fourth-order valence-electron chi connectivity index (χ4n) is 6.74. The number of hydrogen-bond acceptors (Lipinski definition) is 6. The number of hydrogen-bond donors (Lipinski definition) is 3. The SMILES string of the molecule is CC.COc1c2c(nc3ccccc13)C1Oc3c(O)ccc4c3[C@@]13CCN[C@H](C4)C3(O)C2. The minimum absolute atomic E-state index is 0.0929. The molecule has 0 amide bonds. The molecule has 1 saturated heterocycles. The molecule has 2 aliphatic heterocycles. The molecule has 3 heterocycles. The van der Waals surface area contributed by atoms with Gasteiger partial charge in [0.1, 0.15) is 5.75 Å². The summed E-state index contributed by atoms with van der Waals surface area (Å²) in [5, 5.41) is 27.5. The van der Waals surface area contributed by atoms with Gasteiger partial charge in [-0.1, -0.05) is 32.0 Å². The van der Waals surface area contributed by atoms with Gasteiger partial charge in [0, 0.05) is 29.0 Å². The van der Waals surface area contributed by atoms with Crippen LogP contribution in [0.25, 0.3) is 10.9 Å². The first-order valence-electron chi connectivity index (χ1n) is 11.5. The van der Waals surface area contributed by atoms with Gasteiger partial charge in [0.15, 0.2) is 17.6 Å². The van der Waals surface area contributed by atoms with E-state index in [4.69, 9.17) is 14.5 Å². The molecule has 6 nitrogen and oxygen atoms in total. The number of aliphatic hydroxyl groups is 1. The van der Waals surface area contributed by atoms with Crippen molar-refractivity contribution in [2.75, 3.05) is 13.7 Å². The summed E-state index contributed by atoms with van der Waals surface area (Å²) >= 11 is 0. The lowest BCUT2D eigenvalue weighted by molar-refractivity contribution is -0.135. The lowest BCUT2D eigenvalue weighted by Gasteiger charge is -2.60. The van der Waals surface area contributed by atoms with Crippen molar-refractivity contribution in [1.82, 2.24) is 10.3 Å². The predicted octanol–water partition coefficient (Wildman–Crippen LogP) is 3.55. The lowest BCUT2D eigenvalue weighted by atomic mass is 9.49. The summed E-state index contributed by atoms with van der Waals surface area (Å²) in [7, 11) is 1.67. The van der Waals surface area contributed by atoms with E-state index in [2.05, 4.69) is 5.32 Å². The molecule has 1 aromatic heterocycles. The van der Waals surface area contributed by atoms with Crippen molar-refractivity contribution in [2.45, 2.75) is 56.3 Å². The number of para-hydroxylation sites is 1. The average Bonchev–Trinajstić information content (AvgIpc) is 3.16. The maximum Gasteiger partial charge on any atom is 0.166 e. The number of rotatable bonds is 1. The maximum atomic E-state index is 12.3. The largest absolute Gasteiger partial charge is 0.504 e. The number of piperidine rings is 1. The second-order valence-electron chi connectivity index (χ2n) is 9.01. The molecular formula is C26H28N2O4. The van der Waals surface area contributed by atoms with Crippen molar-refractivity contribution in [1.29, 1.82) is 0 Å². The second kappa shape index (κ2) is 6.59. The summed E-state index contributed by atoms with van der Waals surface area (Å²) in [6.45, 7) is 4.79. The van der Waals surface area contributed by atoms with Crippen LogP contribution < -0.4 is 14.8 Å². The Labute approximate surface area is 187 Å². The number of aromatic hydroxyl groups is 1. The van der Waals surface area contributed by atoms with Crippen LogP contribution in [0, 0.1) is 0 Å². The van der Waals surface area contributed by atoms with Gasteiger partial charge in [0.25, 0.3) is 0 Å². The highest BCUT2D eigenvalue weighted by Crippen LogP contribution is 2.68. The summed E-state index contributed by atoms with van der Waals surface area (Å²) < 4.78 is 12.4. The first-order valence-corrected chi connectivity index (χ1v) is 11.5. The summed E-state index contributed by atoms with van der Waals surface area (Å²) in [6, 6.07) is 11.5. The zero-order valence-electron chi connectivity index (χ0n) is 18.6. The van der Waals surface area contributed by atoms with E-state index in [9.17, 15) is 10.2 Å². The molecule has 2 unspecified atom stereocenters. The Morgan fingerprint density at radius 2 is 2.00 bits per heavy atom. The molecule has 7 rings (SSSR count). The number of nitrogens with one attached hydrogen (secondary N) is 1. The Morgan fingerprint density at radius 1 is 1.19 bits per heavy atom. The summed E-state index contributed by atoms with van der Waals surface area (Å²) in [5.74, 6) is 1.40. The Balaban J connectivity index is 0.000000953. The van der Waals surface area contributed by atoms with E-state index in [1.165, 1.54) is 0 Å². The van der Waals surface area contributed by atoms with Gasteiger partial charge >= 0.3 is 0 Å². The molecule has 2 aromatic carbocycles. The minimum Gasteiger partial charge on any atom is -0.504 e. The third kappa shape index (κ3) is 2.10. The third-order valence-electron chi connectivity index (χ3n) is 7.91. The number of phenolic OH excluding ortho intramolecular Hbond substituents is 1. The van der Waals surface area contributed by atoms with Crippen LogP contribution in [0.15, 0.2) is 36.4 Å². The van der Waals surface area contributed by atoms with Crippen molar-refractivity contribution in [3.63, 3.8) is 0 Å². The molecule has 2 aliphatic carbocycles. The van der Waals surface area contributed by atoms with E-state index in [1.54, 1.807) is 13.2 Å². The Morgan fingerprint density at radius 3 is 2.81 bits per heavy atom. The zero-order valence-corrected chi connectivity index (χ0v) is 18.6. The monoisotopic (exact) mass is 432 g/mol. The van der Waals surface area contributed by atoms with Crippen LogP contribution >= 0.6 is 0 Å². The van der Waals surface area contributed by atoms with Crippen LogP contribution in [-0.2, 0) is 18.3 Å². The quantitative estimate of drug-likeness (QED) is 0.546. The number of fused-ring (bicyclic) bond motifs is 3. The van der Waals surface area contributed by atoms with E-state index in [0.29, 0.717) is 18.6 Å². The molecule has 0 radical (unpaired) electrons. The van der Waals surface area contributed by atoms with Crippen LogP contribution in [0.2, 0.25) is 0 Å². The van der Waals surface area contributed by atoms with E-state index in [1.807, 2.05) is 44.2 Å². The van der Waals surface area contributed by atoms with Crippen molar-refractivity contribution in [3.8, 4) is 17.2 Å². The Bertz CT molecular complexity index is 1260. The van der Waals surface area contributed by atoms with Gasteiger partial charge in [-0.15, -0.1) is 0 Å². The van der Waals surface area contributed by atoms with Crippen LogP contribution in [0.5, 0.6) is 17.2 Å². The van der Waals surface area contributed by atoms with Crippen LogP contribution in [-0.4, -0.2) is 40.5 Å². The first-order chi connectivity index (χ1) is 15.6. The molecule has 2 bridgehead atoms. The highest BCUT2D eigenvalue weighted by Gasteiger charge is 2.71.